The molecule has 1 aliphatic rings. The van der Waals surface area contributed by atoms with Crippen molar-refractivity contribution in [2.75, 3.05) is 19.6 Å². The lowest BCUT2D eigenvalue weighted by molar-refractivity contribution is 0.377. The average Bonchev–Trinajstić information content (AvgIpc) is 3.35. The van der Waals surface area contributed by atoms with Crippen molar-refractivity contribution in [1.82, 2.24) is 15.2 Å². The molecule has 1 fully saturated rings. The van der Waals surface area contributed by atoms with Gasteiger partial charge in [0.25, 0.3) is 0 Å². The van der Waals surface area contributed by atoms with Crippen molar-refractivity contribution in [1.29, 1.82) is 0 Å². The van der Waals surface area contributed by atoms with Gasteiger partial charge in [-0.15, -0.1) is 0 Å². The van der Waals surface area contributed by atoms with Gasteiger partial charge in [-0.05, 0) is 62.3 Å². The highest BCUT2D eigenvalue weighted by molar-refractivity contribution is 5.78. The van der Waals surface area contributed by atoms with Crippen LogP contribution in [-0.4, -0.2) is 29.5 Å². The maximum absolute atomic E-state index is 5.01. The standard InChI is InChI=1S/C29H33N3/c1-24-14-16-26(17-15-24)28(18-22-32-20-5-6-21-32)29-13-7-11-27(31-29)12-8-19-30-23-25-9-3-2-4-10-25/h2-4,7-11,13-19,30H,5-6,12,20-23H2,1H3. The molecule has 3 heteroatoms. The minimum atomic E-state index is 0.808. The summed E-state index contributed by atoms with van der Waals surface area (Å²) in [6, 6.07) is 25.6. The maximum atomic E-state index is 5.01. The van der Waals surface area contributed by atoms with Gasteiger partial charge in [-0.2, -0.15) is 0 Å². The molecule has 1 aliphatic heterocycles. The lowest BCUT2D eigenvalue weighted by Gasteiger charge is -2.14. The molecule has 1 saturated heterocycles. The first-order valence-electron chi connectivity index (χ1n) is 11.7. The van der Waals surface area contributed by atoms with Crippen LogP contribution in [0.3, 0.4) is 0 Å². The van der Waals surface area contributed by atoms with Gasteiger partial charge in [0.05, 0.1) is 5.69 Å². The van der Waals surface area contributed by atoms with Crippen molar-refractivity contribution in [3.8, 4) is 0 Å². The first-order valence-corrected chi connectivity index (χ1v) is 11.7. The molecule has 0 aliphatic carbocycles. The Hall–Kier alpha value is -3.17. The lowest BCUT2D eigenvalue weighted by atomic mass is 10.00. The normalized spacial score (nSPS) is 14.8. The predicted molar refractivity (Wildman–Crippen MR) is 134 cm³/mol. The van der Waals surface area contributed by atoms with E-state index in [1.807, 2.05) is 12.3 Å². The van der Waals surface area contributed by atoms with Crippen LogP contribution in [0.4, 0.5) is 0 Å². The summed E-state index contributed by atoms with van der Waals surface area (Å²) in [4.78, 5) is 7.53. The summed E-state index contributed by atoms with van der Waals surface area (Å²) in [5.41, 5.74) is 7.16. The summed E-state index contributed by atoms with van der Waals surface area (Å²) in [7, 11) is 0. The van der Waals surface area contributed by atoms with Gasteiger partial charge in [0.2, 0.25) is 0 Å². The van der Waals surface area contributed by atoms with Gasteiger partial charge in [0, 0.05) is 30.8 Å². The molecule has 2 heterocycles. The zero-order valence-corrected chi connectivity index (χ0v) is 19.0. The van der Waals surface area contributed by atoms with Crippen molar-refractivity contribution < 1.29 is 0 Å². The molecule has 2 aromatic carbocycles. The van der Waals surface area contributed by atoms with Gasteiger partial charge in [0.1, 0.15) is 0 Å². The van der Waals surface area contributed by atoms with Crippen molar-refractivity contribution in [2.24, 2.45) is 0 Å². The molecule has 32 heavy (non-hydrogen) atoms. The highest BCUT2D eigenvalue weighted by atomic mass is 15.1. The number of hydrogen-bond donors (Lipinski definition) is 1. The van der Waals surface area contributed by atoms with E-state index in [0.717, 1.165) is 30.9 Å². The SMILES string of the molecule is Cc1ccc(C(=CCN2CCCC2)c2cccc(CC=CNCc3ccccc3)n2)cc1. The number of likely N-dealkylation sites (tertiary alicyclic amines) is 1. The van der Waals surface area contributed by atoms with E-state index in [4.69, 9.17) is 4.98 Å². The number of rotatable bonds is 9. The molecule has 0 spiro atoms. The van der Waals surface area contributed by atoms with Gasteiger partial charge in [0.15, 0.2) is 0 Å². The second-order valence-electron chi connectivity index (χ2n) is 8.48. The zero-order valence-electron chi connectivity index (χ0n) is 19.0. The second-order valence-corrected chi connectivity index (χ2v) is 8.48. The highest BCUT2D eigenvalue weighted by Gasteiger charge is 2.12. The Bertz CT molecular complexity index is 1030. The molecule has 3 aromatic rings. The third-order valence-corrected chi connectivity index (χ3v) is 5.91. The van der Waals surface area contributed by atoms with Crippen LogP contribution >= 0.6 is 0 Å². The van der Waals surface area contributed by atoms with E-state index in [1.165, 1.54) is 48.2 Å². The van der Waals surface area contributed by atoms with Gasteiger partial charge in [-0.25, -0.2) is 0 Å². The highest BCUT2D eigenvalue weighted by Crippen LogP contribution is 2.23. The van der Waals surface area contributed by atoms with E-state index < -0.39 is 0 Å². The smallest absolute Gasteiger partial charge is 0.0708 e. The minimum Gasteiger partial charge on any atom is -0.387 e. The first kappa shape index (κ1) is 22.0. The largest absolute Gasteiger partial charge is 0.387 e. The van der Waals surface area contributed by atoms with Crippen molar-refractivity contribution in [2.45, 2.75) is 32.7 Å². The van der Waals surface area contributed by atoms with Gasteiger partial charge in [-0.1, -0.05) is 78.4 Å². The molecule has 1 aromatic heterocycles. The van der Waals surface area contributed by atoms with Gasteiger partial charge >= 0.3 is 0 Å². The Balaban J connectivity index is 1.45. The summed E-state index contributed by atoms with van der Waals surface area (Å²) < 4.78 is 0. The topological polar surface area (TPSA) is 28.2 Å². The van der Waals surface area contributed by atoms with Gasteiger partial charge < -0.3 is 5.32 Å². The number of aromatic nitrogens is 1. The Kier molecular flexibility index (Phi) is 7.89. The van der Waals surface area contributed by atoms with E-state index in [-0.39, 0.29) is 0 Å². The Morgan fingerprint density at radius 1 is 0.938 bits per heavy atom. The number of nitrogens with one attached hydrogen (secondary N) is 1. The lowest BCUT2D eigenvalue weighted by Crippen LogP contribution is -2.19. The van der Waals surface area contributed by atoms with Crippen LogP contribution in [0.5, 0.6) is 0 Å². The van der Waals surface area contributed by atoms with Crippen LogP contribution in [0.15, 0.2) is 91.1 Å². The van der Waals surface area contributed by atoms with Crippen molar-refractivity contribution in [3.63, 3.8) is 0 Å². The fraction of sp³-hybridized carbons (Fsp3) is 0.276. The molecule has 0 atom stereocenters. The molecule has 4 rings (SSSR count). The fourth-order valence-electron chi connectivity index (χ4n) is 4.07. The Labute approximate surface area is 192 Å². The number of hydrogen-bond acceptors (Lipinski definition) is 3. The van der Waals surface area contributed by atoms with E-state index in [1.54, 1.807) is 0 Å². The van der Waals surface area contributed by atoms with Crippen molar-refractivity contribution >= 4 is 5.57 Å². The summed E-state index contributed by atoms with van der Waals surface area (Å²) in [6.07, 6.45) is 9.97. The van der Waals surface area contributed by atoms with Gasteiger partial charge in [-0.3, -0.25) is 9.88 Å². The Morgan fingerprint density at radius 3 is 2.50 bits per heavy atom. The third-order valence-electron chi connectivity index (χ3n) is 5.91. The predicted octanol–water partition coefficient (Wildman–Crippen LogP) is 5.76. The number of aryl methyl sites for hydroxylation is 1. The quantitative estimate of drug-likeness (QED) is 0.474. The Morgan fingerprint density at radius 2 is 1.72 bits per heavy atom. The van der Waals surface area contributed by atoms with Crippen LogP contribution in [-0.2, 0) is 13.0 Å². The van der Waals surface area contributed by atoms with Crippen molar-refractivity contribution in [3.05, 3.63) is 119 Å². The summed E-state index contributed by atoms with van der Waals surface area (Å²) in [5.74, 6) is 0. The summed E-state index contributed by atoms with van der Waals surface area (Å²) in [6.45, 7) is 6.35. The number of benzene rings is 2. The fourth-order valence-corrected chi connectivity index (χ4v) is 4.07. The van der Waals surface area contributed by atoms with Crippen LogP contribution in [0.25, 0.3) is 5.57 Å². The molecule has 0 unspecified atom stereocenters. The zero-order chi connectivity index (χ0) is 22.0. The first-order chi connectivity index (χ1) is 15.8. The molecule has 164 valence electrons. The molecule has 0 saturated carbocycles. The monoisotopic (exact) mass is 423 g/mol. The molecule has 0 radical (unpaired) electrons. The number of pyridine rings is 1. The maximum Gasteiger partial charge on any atom is 0.0708 e. The average molecular weight is 424 g/mol. The van der Waals surface area contributed by atoms with E-state index in [0.29, 0.717) is 0 Å². The summed E-state index contributed by atoms with van der Waals surface area (Å²) in [5, 5.41) is 3.37. The molecular weight excluding hydrogens is 390 g/mol. The summed E-state index contributed by atoms with van der Waals surface area (Å²) >= 11 is 0. The minimum absolute atomic E-state index is 0.808. The number of allylic oxidation sites excluding steroid dienone is 1. The van der Waals surface area contributed by atoms with Crippen LogP contribution in [0.1, 0.15) is 40.9 Å². The van der Waals surface area contributed by atoms with Crippen LogP contribution in [0, 0.1) is 6.92 Å². The molecule has 1 N–H and O–H groups in total. The second kappa shape index (κ2) is 11.4. The molecular formula is C29H33N3. The molecule has 0 amide bonds. The number of nitrogens with zero attached hydrogens (tertiary/aromatic N) is 2. The van der Waals surface area contributed by atoms with E-state index in [9.17, 15) is 0 Å². The molecule has 3 nitrogen and oxygen atoms in total. The van der Waals surface area contributed by atoms with Crippen LogP contribution in [0.2, 0.25) is 0 Å². The van der Waals surface area contributed by atoms with E-state index in [2.05, 4.69) is 96.0 Å². The third kappa shape index (κ3) is 6.41. The van der Waals surface area contributed by atoms with Crippen LogP contribution < -0.4 is 5.32 Å². The van der Waals surface area contributed by atoms with E-state index >= 15 is 0 Å². The molecule has 0 bridgehead atoms.